The molecule has 5 heteroatoms. The number of likely N-dealkylation sites (N-methyl/N-ethyl adjacent to an activating group) is 1. The Labute approximate surface area is 188 Å². The minimum Gasteiger partial charge on any atom is -0.352 e. The topological polar surface area (TPSA) is 54.3 Å². The number of amides is 2. The lowest BCUT2D eigenvalue weighted by Crippen LogP contribution is -2.35. The summed E-state index contributed by atoms with van der Waals surface area (Å²) < 4.78 is 2.06. The van der Waals surface area contributed by atoms with Crippen LogP contribution >= 0.6 is 0 Å². The minimum atomic E-state index is -0.00211. The molecule has 1 saturated carbocycles. The number of hydrogen-bond acceptors (Lipinski definition) is 2. The number of hydrogen-bond donors (Lipinski definition) is 1. The highest BCUT2D eigenvalue weighted by molar-refractivity contribution is 6.36. The zero-order valence-electron chi connectivity index (χ0n) is 18.7. The summed E-state index contributed by atoms with van der Waals surface area (Å²) in [4.78, 5) is 27.5. The normalized spacial score (nSPS) is 17.5. The number of benzene rings is 2. The van der Waals surface area contributed by atoms with Crippen molar-refractivity contribution in [2.24, 2.45) is 0 Å². The average molecular weight is 428 g/mol. The van der Waals surface area contributed by atoms with Crippen LogP contribution in [0.15, 0.2) is 48.7 Å². The lowest BCUT2D eigenvalue weighted by Gasteiger charge is -2.13. The van der Waals surface area contributed by atoms with E-state index in [2.05, 4.69) is 35.0 Å². The van der Waals surface area contributed by atoms with Gasteiger partial charge in [0.25, 0.3) is 5.91 Å². The lowest BCUT2D eigenvalue weighted by atomic mass is 10.0. The molecule has 2 aliphatic rings. The zero-order chi connectivity index (χ0) is 22.2. The third-order valence-corrected chi connectivity index (χ3v) is 6.82. The maximum atomic E-state index is 13.0. The van der Waals surface area contributed by atoms with Gasteiger partial charge in [0.2, 0.25) is 5.91 Å². The molecule has 2 heterocycles. The van der Waals surface area contributed by atoms with E-state index in [-0.39, 0.29) is 18.4 Å². The van der Waals surface area contributed by atoms with Crippen LogP contribution in [0.25, 0.3) is 22.6 Å². The summed E-state index contributed by atoms with van der Waals surface area (Å²) in [5, 5.41) is 4.28. The molecule has 2 aromatic carbocycles. The Morgan fingerprint density at radius 1 is 1.12 bits per heavy atom. The second-order valence-electron chi connectivity index (χ2n) is 8.87. The molecular weight excluding hydrogens is 398 g/mol. The molecule has 32 heavy (non-hydrogen) atoms. The Morgan fingerprint density at radius 2 is 1.91 bits per heavy atom. The number of carbonyl (C=O) groups excluding carboxylic acids is 2. The first kappa shape index (κ1) is 20.6. The molecule has 5 rings (SSSR count). The van der Waals surface area contributed by atoms with Crippen molar-refractivity contribution in [3.8, 4) is 0 Å². The van der Waals surface area contributed by atoms with Gasteiger partial charge >= 0.3 is 0 Å². The summed E-state index contributed by atoms with van der Waals surface area (Å²) in [6.45, 7) is 2.42. The van der Waals surface area contributed by atoms with Gasteiger partial charge in [0.15, 0.2) is 0 Å². The van der Waals surface area contributed by atoms with Crippen molar-refractivity contribution < 1.29 is 9.59 Å². The van der Waals surface area contributed by atoms with Crippen molar-refractivity contribution in [1.82, 2.24) is 9.88 Å². The monoisotopic (exact) mass is 427 g/mol. The smallest absolute Gasteiger partial charge is 0.258 e. The summed E-state index contributed by atoms with van der Waals surface area (Å²) in [5.74, 6) is 0.0543. The van der Waals surface area contributed by atoms with Crippen molar-refractivity contribution in [2.75, 3.05) is 11.9 Å². The summed E-state index contributed by atoms with van der Waals surface area (Å²) in [6, 6.07) is 14.4. The molecule has 1 fully saturated rings. The van der Waals surface area contributed by atoms with Gasteiger partial charge in [-0.2, -0.15) is 0 Å². The summed E-state index contributed by atoms with van der Waals surface area (Å²) in [7, 11) is 1.81. The summed E-state index contributed by atoms with van der Waals surface area (Å²) in [5.41, 5.74) is 5.83. The Bertz CT molecular complexity index is 1230. The second kappa shape index (κ2) is 8.30. The third-order valence-electron chi connectivity index (χ3n) is 6.82. The van der Waals surface area contributed by atoms with Crippen LogP contribution in [0.4, 0.5) is 5.69 Å². The molecule has 1 aromatic heterocycles. The minimum absolute atomic E-state index is 0.00211. The van der Waals surface area contributed by atoms with E-state index >= 15 is 0 Å². The number of nitrogens with zero attached hydrogens (tertiary/aromatic N) is 2. The Morgan fingerprint density at radius 3 is 2.69 bits per heavy atom. The zero-order valence-corrected chi connectivity index (χ0v) is 18.7. The van der Waals surface area contributed by atoms with E-state index in [4.69, 9.17) is 0 Å². The predicted molar refractivity (Wildman–Crippen MR) is 129 cm³/mol. The van der Waals surface area contributed by atoms with Gasteiger partial charge in [0.1, 0.15) is 6.54 Å². The fraction of sp³-hybridized carbons (Fsp3) is 0.333. The Kier molecular flexibility index (Phi) is 5.33. The van der Waals surface area contributed by atoms with Crippen molar-refractivity contribution in [3.05, 3.63) is 65.4 Å². The van der Waals surface area contributed by atoms with E-state index < -0.39 is 0 Å². The quantitative estimate of drug-likeness (QED) is 0.596. The van der Waals surface area contributed by atoms with Gasteiger partial charge in [-0.1, -0.05) is 56.2 Å². The first-order valence-electron chi connectivity index (χ1n) is 11.6. The molecule has 0 bridgehead atoms. The molecule has 164 valence electrons. The fourth-order valence-corrected chi connectivity index (χ4v) is 5.18. The molecular formula is C27H29N3O2. The number of nitrogens with one attached hydrogen (secondary N) is 1. The van der Waals surface area contributed by atoms with E-state index in [0.717, 1.165) is 47.0 Å². The first-order valence-corrected chi connectivity index (χ1v) is 11.6. The average Bonchev–Trinajstić information content (AvgIpc) is 3.49. The highest BCUT2D eigenvalue weighted by atomic mass is 16.2. The van der Waals surface area contributed by atoms with E-state index in [9.17, 15) is 9.59 Å². The molecule has 1 N–H and O–H groups in total. The standard InChI is InChI=1S/C27H29N3O2/c1-3-18-9-8-13-21-19(15-23-22-12-6-7-14-24(22)29(2)27(23)32)16-30(26(18)21)17-25(31)28-20-10-4-5-11-20/h6-9,12-16,20H,3-5,10-11,17H2,1-2H3,(H,28,31)/b23-15+. The second-order valence-corrected chi connectivity index (χ2v) is 8.87. The number of para-hydroxylation sites is 2. The number of aryl methyl sites for hydroxylation is 1. The van der Waals surface area contributed by atoms with Gasteiger partial charge in [-0.05, 0) is 37.0 Å². The third kappa shape index (κ3) is 3.52. The van der Waals surface area contributed by atoms with Crippen LogP contribution in [0.3, 0.4) is 0 Å². The van der Waals surface area contributed by atoms with Crippen LogP contribution in [0.5, 0.6) is 0 Å². The Balaban J connectivity index is 1.56. The van der Waals surface area contributed by atoms with Crippen LogP contribution in [-0.4, -0.2) is 29.5 Å². The lowest BCUT2D eigenvalue weighted by molar-refractivity contribution is -0.122. The highest BCUT2D eigenvalue weighted by Crippen LogP contribution is 2.38. The van der Waals surface area contributed by atoms with E-state index in [1.807, 2.05) is 43.6 Å². The molecule has 0 atom stereocenters. The molecule has 3 aromatic rings. The molecule has 0 radical (unpaired) electrons. The SMILES string of the molecule is CCc1cccc2c(/C=C3/C(=O)N(C)c4ccccc43)cn(CC(=O)NC3CCCC3)c12. The van der Waals surface area contributed by atoms with Crippen LogP contribution in [-0.2, 0) is 22.6 Å². The van der Waals surface area contributed by atoms with Crippen molar-refractivity contribution in [1.29, 1.82) is 0 Å². The van der Waals surface area contributed by atoms with Crippen LogP contribution in [0.2, 0.25) is 0 Å². The summed E-state index contributed by atoms with van der Waals surface area (Å²) in [6.07, 6.45) is 9.43. The molecule has 0 unspecified atom stereocenters. The number of aromatic nitrogens is 1. The first-order chi connectivity index (χ1) is 15.6. The number of carbonyl (C=O) groups is 2. The maximum Gasteiger partial charge on any atom is 0.258 e. The number of rotatable bonds is 5. The van der Waals surface area contributed by atoms with Gasteiger partial charge in [0.05, 0.1) is 11.2 Å². The van der Waals surface area contributed by atoms with Gasteiger partial charge in [0, 0.05) is 41.4 Å². The van der Waals surface area contributed by atoms with Crippen LogP contribution in [0, 0.1) is 0 Å². The largest absolute Gasteiger partial charge is 0.352 e. The van der Waals surface area contributed by atoms with Gasteiger partial charge in [-0.15, -0.1) is 0 Å². The van der Waals surface area contributed by atoms with Crippen LogP contribution < -0.4 is 10.2 Å². The summed E-state index contributed by atoms with van der Waals surface area (Å²) >= 11 is 0. The van der Waals surface area contributed by atoms with E-state index in [0.29, 0.717) is 11.6 Å². The van der Waals surface area contributed by atoms with Crippen molar-refractivity contribution >= 4 is 40.1 Å². The number of fused-ring (bicyclic) bond motifs is 2. The van der Waals surface area contributed by atoms with Crippen LogP contribution in [0.1, 0.15) is 49.3 Å². The van der Waals surface area contributed by atoms with E-state index in [1.165, 1.54) is 18.4 Å². The van der Waals surface area contributed by atoms with Crippen molar-refractivity contribution in [3.63, 3.8) is 0 Å². The molecule has 0 saturated heterocycles. The van der Waals surface area contributed by atoms with Gasteiger partial charge in [-0.25, -0.2) is 0 Å². The number of anilines is 1. The van der Waals surface area contributed by atoms with Crippen molar-refractivity contribution in [2.45, 2.75) is 51.6 Å². The van der Waals surface area contributed by atoms with Gasteiger partial charge < -0.3 is 14.8 Å². The molecule has 0 spiro atoms. The molecule has 1 aliphatic carbocycles. The molecule has 1 aliphatic heterocycles. The maximum absolute atomic E-state index is 13.0. The molecule has 2 amide bonds. The fourth-order valence-electron chi connectivity index (χ4n) is 5.18. The predicted octanol–water partition coefficient (Wildman–Crippen LogP) is 4.78. The van der Waals surface area contributed by atoms with Gasteiger partial charge in [-0.3, -0.25) is 9.59 Å². The Hall–Kier alpha value is -3.34. The molecule has 5 nitrogen and oxygen atoms in total. The van der Waals surface area contributed by atoms with E-state index in [1.54, 1.807) is 4.90 Å². The highest BCUT2D eigenvalue weighted by Gasteiger charge is 2.29.